The molecule has 0 aliphatic carbocycles. The molecule has 3 aromatic rings. The van der Waals surface area contributed by atoms with Gasteiger partial charge in [0.25, 0.3) is 5.91 Å². The zero-order valence-electron chi connectivity index (χ0n) is 26.8. The summed E-state index contributed by atoms with van der Waals surface area (Å²) in [6, 6.07) is 17.8. The van der Waals surface area contributed by atoms with Gasteiger partial charge in [-0.1, -0.05) is 73.5 Å². The van der Waals surface area contributed by atoms with Crippen molar-refractivity contribution in [3.8, 4) is 0 Å². The first-order chi connectivity index (χ1) is 19.4. The Morgan fingerprint density at radius 3 is 1.98 bits per heavy atom. The Morgan fingerprint density at radius 2 is 1.43 bits per heavy atom. The predicted octanol–water partition coefficient (Wildman–Crippen LogP) is 7.70. The number of amides is 3. The standard InChI is InChI=1S/C35H47N3O4/c1-22(2)17-29(37-33(41)42-35(8,9)10)32(40)38(34(5,6)7)30(27-19-23(3)18-24(4)20-27)31(39)36-28-16-15-25-13-11-12-14-26(25)21-28/h11-16,18-22,29-30H,17H2,1-10H3,(H,36,39)(H,37,41). The van der Waals surface area contributed by atoms with Gasteiger partial charge in [-0.2, -0.15) is 0 Å². The van der Waals surface area contributed by atoms with Crippen LogP contribution in [0.2, 0.25) is 0 Å². The average molecular weight is 574 g/mol. The van der Waals surface area contributed by atoms with Crippen LogP contribution in [0.4, 0.5) is 10.5 Å². The quantitative estimate of drug-likeness (QED) is 0.289. The molecule has 3 rings (SSSR count). The molecule has 0 heterocycles. The fraction of sp³-hybridized carbons (Fsp3) is 0.457. The molecular formula is C35H47N3O4. The normalized spacial score (nSPS) is 13.4. The van der Waals surface area contributed by atoms with Gasteiger partial charge in [-0.15, -0.1) is 0 Å². The number of carbonyl (C=O) groups excluding carboxylic acids is 3. The van der Waals surface area contributed by atoms with E-state index in [-0.39, 0.29) is 17.7 Å². The summed E-state index contributed by atoms with van der Waals surface area (Å²) in [6.07, 6.45) is -0.282. The van der Waals surface area contributed by atoms with E-state index in [9.17, 15) is 14.4 Å². The zero-order valence-corrected chi connectivity index (χ0v) is 26.8. The molecule has 0 fully saturated rings. The van der Waals surface area contributed by atoms with Crippen molar-refractivity contribution in [2.45, 2.75) is 98.9 Å². The van der Waals surface area contributed by atoms with Gasteiger partial charge >= 0.3 is 6.09 Å². The number of aryl methyl sites for hydroxylation is 2. The third-order valence-electron chi connectivity index (χ3n) is 6.74. The lowest BCUT2D eigenvalue weighted by atomic mass is 9.92. The maximum Gasteiger partial charge on any atom is 0.408 e. The minimum absolute atomic E-state index is 0.0989. The monoisotopic (exact) mass is 573 g/mol. The molecule has 2 unspecified atom stereocenters. The van der Waals surface area contributed by atoms with Crippen molar-refractivity contribution < 1.29 is 19.1 Å². The number of rotatable bonds is 8. The van der Waals surface area contributed by atoms with Crippen LogP contribution in [0.5, 0.6) is 0 Å². The first-order valence-electron chi connectivity index (χ1n) is 14.6. The van der Waals surface area contributed by atoms with Crippen molar-refractivity contribution in [2.24, 2.45) is 5.92 Å². The van der Waals surface area contributed by atoms with E-state index in [2.05, 4.69) is 10.6 Å². The molecule has 3 aromatic carbocycles. The minimum atomic E-state index is -0.960. The number of benzene rings is 3. The lowest BCUT2D eigenvalue weighted by Crippen LogP contribution is -2.58. The van der Waals surface area contributed by atoms with E-state index in [0.717, 1.165) is 21.9 Å². The van der Waals surface area contributed by atoms with Crippen molar-refractivity contribution in [1.29, 1.82) is 0 Å². The molecule has 0 aliphatic rings. The lowest BCUT2D eigenvalue weighted by Gasteiger charge is -2.43. The number of anilines is 1. The van der Waals surface area contributed by atoms with E-state index >= 15 is 0 Å². The topological polar surface area (TPSA) is 87.7 Å². The van der Waals surface area contributed by atoms with Crippen molar-refractivity contribution in [2.75, 3.05) is 5.32 Å². The van der Waals surface area contributed by atoms with Crippen LogP contribution in [0.1, 0.15) is 84.5 Å². The third-order valence-corrected chi connectivity index (χ3v) is 6.74. The molecule has 0 saturated carbocycles. The van der Waals surface area contributed by atoms with Crippen LogP contribution < -0.4 is 10.6 Å². The second-order valence-corrected chi connectivity index (χ2v) is 13.6. The molecule has 0 spiro atoms. The van der Waals surface area contributed by atoms with Gasteiger partial charge in [0.1, 0.15) is 17.7 Å². The Kier molecular flexibility index (Phi) is 10.1. The third kappa shape index (κ3) is 8.81. The van der Waals surface area contributed by atoms with Crippen LogP contribution in [-0.2, 0) is 14.3 Å². The molecule has 0 bridgehead atoms. The highest BCUT2D eigenvalue weighted by molar-refractivity contribution is 6.00. The van der Waals surface area contributed by atoms with Gasteiger partial charge in [0.15, 0.2) is 0 Å². The fourth-order valence-electron chi connectivity index (χ4n) is 5.22. The molecule has 226 valence electrons. The van der Waals surface area contributed by atoms with Crippen LogP contribution in [0.25, 0.3) is 10.8 Å². The molecule has 7 nitrogen and oxygen atoms in total. The number of fused-ring (bicyclic) bond motifs is 1. The summed E-state index contributed by atoms with van der Waals surface area (Å²) in [5, 5.41) is 7.96. The SMILES string of the molecule is Cc1cc(C)cc(C(C(=O)Nc2ccc3ccccc3c2)N(C(=O)C(CC(C)C)NC(=O)OC(C)(C)C)C(C)(C)C)c1. The van der Waals surface area contributed by atoms with Crippen molar-refractivity contribution in [3.63, 3.8) is 0 Å². The molecule has 2 N–H and O–H groups in total. The fourth-order valence-corrected chi connectivity index (χ4v) is 5.22. The number of hydrogen-bond acceptors (Lipinski definition) is 4. The summed E-state index contributed by atoms with van der Waals surface area (Å²) in [7, 11) is 0. The van der Waals surface area contributed by atoms with Gasteiger partial charge < -0.3 is 20.3 Å². The van der Waals surface area contributed by atoms with Crippen LogP contribution in [0.15, 0.2) is 60.7 Å². The number of nitrogens with zero attached hydrogens (tertiary/aromatic N) is 1. The Bertz CT molecular complexity index is 1410. The summed E-state index contributed by atoms with van der Waals surface area (Å²) in [5.41, 5.74) is 1.82. The number of alkyl carbamates (subject to hydrolysis) is 1. The van der Waals surface area contributed by atoms with Crippen LogP contribution >= 0.6 is 0 Å². The smallest absolute Gasteiger partial charge is 0.408 e. The van der Waals surface area contributed by atoms with Gasteiger partial charge in [-0.05, 0) is 96.2 Å². The second-order valence-electron chi connectivity index (χ2n) is 13.6. The lowest BCUT2D eigenvalue weighted by molar-refractivity contribution is -0.147. The summed E-state index contributed by atoms with van der Waals surface area (Å²) < 4.78 is 5.50. The molecule has 7 heteroatoms. The maximum atomic E-state index is 14.5. The Labute approximate surface area is 251 Å². The van der Waals surface area contributed by atoms with E-state index in [1.54, 1.807) is 25.7 Å². The predicted molar refractivity (Wildman–Crippen MR) is 170 cm³/mol. The highest BCUT2D eigenvalue weighted by Crippen LogP contribution is 2.33. The highest BCUT2D eigenvalue weighted by Gasteiger charge is 2.42. The average Bonchev–Trinajstić information content (AvgIpc) is 2.83. The molecule has 0 aliphatic heterocycles. The van der Waals surface area contributed by atoms with Crippen LogP contribution in [0, 0.1) is 19.8 Å². The zero-order chi connectivity index (χ0) is 31.4. The summed E-state index contributed by atoms with van der Waals surface area (Å²) in [4.78, 5) is 43.3. The maximum absolute atomic E-state index is 14.5. The Morgan fingerprint density at radius 1 is 0.833 bits per heavy atom. The van der Waals surface area contributed by atoms with Crippen LogP contribution in [-0.4, -0.2) is 40.0 Å². The van der Waals surface area contributed by atoms with Gasteiger partial charge in [-0.3, -0.25) is 9.59 Å². The van der Waals surface area contributed by atoms with E-state index in [4.69, 9.17) is 4.74 Å². The largest absolute Gasteiger partial charge is 0.444 e. The first kappa shape index (κ1) is 32.6. The number of hydrogen-bond donors (Lipinski definition) is 2. The van der Waals surface area contributed by atoms with Gasteiger partial charge in [-0.25, -0.2) is 4.79 Å². The van der Waals surface area contributed by atoms with Gasteiger partial charge in [0.05, 0.1) is 0 Å². The molecule has 0 saturated heterocycles. The molecule has 42 heavy (non-hydrogen) atoms. The summed E-state index contributed by atoms with van der Waals surface area (Å²) in [5.74, 6) is -0.583. The molecule has 2 atom stereocenters. The Hall–Kier alpha value is -3.87. The number of nitrogens with one attached hydrogen (secondary N) is 2. The molecule has 0 radical (unpaired) electrons. The molecular weight excluding hydrogens is 526 g/mol. The van der Waals surface area contributed by atoms with Gasteiger partial charge in [0.2, 0.25) is 5.91 Å². The van der Waals surface area contributed by atoms with Crippen molar-refractivity contribution in [1.82, 2.24) is 10.2 Å². The van der Waals surface area contributed by atoms with E-state index in [1.165, 1.54) is 0 Å². The minimum Gasteiger partial charge on any atom is -0.444 e. The van der Waals surface area contributed by atoms with Crippen molar-refractivity contribution >= 4 is 34.4 Å². The van der Waals surface area contributed by atoms with Crippen LogP contribution in [0.3, 0.4) is 0 Å². The first-order valence-corrected chi connectivity index (χ1v) is 14.6. The number of carbonyl (C=O) groups is 3. The molecule has 3 amide bonds. The van der Waals surface area contributed by atoms with E-state index < -0.39 is 29.3 Å². The number of ether oxygens (including phenoxy) is 1. The van der Waals surface area contributed by atoms with E-state index in [0.29, 0.717) is 17.7 Å². The molecule has 0 aromatic heterocycles. The highest BCUT2D eigenvalue weighted by atomic mass is 16.6. The van der Waals surface area contributed by atoms with Gasteiger partial charge in [0, 0.05) is 11.2 Å². The Balaban J connectivity index is 2.10. The summed E-state index contributed by atoms with van der Waals surface area (Å²) >= 11 is 0. The van der Waals surface area contributed by atoms with E-state index in [1.807, 2.05) is 109 Å². The summed E-state index contributed by atoms with van der Waals surface area (Å²) in [6.45, 7) is 19.0. The van der Waals surface area contributed by atoms with Crippen molar-refractivity contribution in [3.05, 3.63) is 77.4 Å². The second kappa shape index (κ2) is 13.0.